The van der Waals surface area contributed by atoms with E-state index in [9.17, 15) is 36.2 Å². The van der Waals surface area contributed by atoms with E-state index in [1.54, 1.807) is 34.6 Å². The van der Waals surface area contributed by atoms with Crippen LogP contribution in [-0.2, 0) is 34.5 Å². The average molecular weight is 638 g/mol. The van der Waals surface area contributed by atoms with Crippen LogP contribution >= 0.6 is 0 Å². The molecular formula is C37H33F6NO2. The van der Waals surface area contributed by atoms with Gasteiger partial charge in [0, 0.05) is 28.8 Å². The number of aliphatic hydroxyl groups is 1. The monoisotopic (exact) mass is 637 g/mol. The second-order valence-electron chi connectivity index (χ2n) is 12.8. The summed E-state index contributed by atoms with van der Waals surface area (Å²) in [7, 11) is 0. The summed E-state index contributed by atoms with van der Waals surface area (Å²) in [5.74, 6) is -0.831. The van der Waals surface area contributed by atoms with E-state index in [0.29, 0.717) is 40.2 Å². The summed E-state index contributed by atoms with van der Waals surface area (Å²) in [6, 6.07) is 16.4. The van der Waals surface area contributed by atoms with Gasteiger partial charge in [-0.3, -0.25) is 4.79 Å². The number of benzene rings is 3. The number of carbonyl (C=O) groups is 1. The number of hydrogen-bond donors (Lipinski definition) is 1. The molecule has 46 heavy (non-hydrogen) atoms. The highest BCUT2D eigenvalue weighted by molar-refractivity contribution is 6.21. The van der Waals surface area contributed by atoms with Crippen molar-refractivity contribution in [3.63, 3.8) is 0 Å². The van der Waals surface area contributed by atoms with Crippen molar-refractivity contribution in [1.82, 2.24) is 0 Å². The third-order valence-electron chi connectivity index (χ3n) is 9.04. The number of aliphatic hydroxyl groups excluding tert-OH is 1. The van der Waals surface area contributed by atoms with Gasteiger partial charge in [0.2, 0.25) is 5.78 Å². The number of allylic oxidation sites excluding steroid dienone is 6. The SMILES string of the molecule is C=C(/C=C1/C(=O)C(/C=C2\N(Cc3ccccc3)c3ccc(C(F)(F)F)cc3C2(C)C)=C1O)C(C)(C)c1cc(C(F)(F)F)ccc1C. The largest absolute Gasteiger partial charge is 0.506 e. The van der Waals surface area contributed by atoms with E-state index < -0.39 is 40.1 Å². The first-order valence-corrected chi connectivity index (χ1v) is 14.6. The normalized spacial score (nSPS) is 18.3. The number of halogens is 6. The van der Waals surface area contributed by atoms with Gasteiger partial charge in [-0.15, -0.1) is 0 Å². The van der Waals surface area contributed by atoms with Crippen LogP contribution in [0.5, 0.6) is 0 Å². The molecule has 5 rings (SSSR count). The molecule has 2 aliphatic rings. The van der Waals surface area contributed by atoms with Gasteiger partial charge in [-0.25, -0.2) is 0 Å². The van der Waals surface area contributed by atoms with E-state index >= 15 is 0 Å². The number of Topliss-reactive ketones (excluding diaryl/α,β-unsaturated/α-hetero) is 1. The van der Waals surface area contributed by atoms with E-state index in [1.807, 2.05) is 35.2 Å². The molecule has 0 aromatic heterocycles. The lowest BCUT2D eigenvalue weighted by Crippen LogP contribution is -2.29. The van der Waals surface area contributed by atoms with Crippen LogP contribution in [-0.4, -0.2) is 10.9 Å². The van der Waals surface area contributed by atoms with Gasteiger partial charge in [0.1, 0.15) is 5.76 Å². The molecule has 0 saturated carbocycles. The van der Waals surface area contributed by atoms with Crippen molar-refractivity contribution in [3.8, 4) is 0 Å². The number of fused-ring (bicyclic) bond motifs is 1. The van der Waals surface area contributed by atoms with Gasteiger partial charge in [-0.05, 0) is 77.2 Å². The molecular weight excluding hydrogens is 604 g/mol. The fourth-order valence-electron chi connectivity index (χ4n) is 6.09. The fourth-order valence-corrected chi connectivity index (χ4v) is 6.09. The van der Waals surface area contributed by atoms with Crippen LogP contribution in [0, 0.1) is 6.92 Å². The zero-order valence-electron chi connectivity index (χ0n) is 26.0. The molecule has 0 radical (unpaired) electrons. The molecule has 0 amide bonds. The molecule has 1 heterocycles. The number of carbonyl (C=O) groups excluding carboxylic acids is 1. The molecule has 240 valence electrons. The predicted molar refractivity (Wildman–Crippen MR) is 166 cm³/mol. The van der Waals surface area contributed by atoms with E-state index in [1.165, 1.54) is 24.3 Å². The zero-order chi connectivity index (χ0) is 34.0. The minimum atomic E-state index is -4.55. The predicted octanol–water partition coefficient (Wildman–Crippen LogP) is 10.1. The number of alkyl halides is 6. The highest BCUT2D eigenvalue weighted by Crippen LogP contribution is 2.51. The van der Waals surface area contributed by atoms with Gasteiger partial charge in [-0.2, -0.15) is 26.3 Å². The van der Waals surface area contributed by atoms with E-state index in [0.717, 1.165) is 29.8 Å². The summed E-state index contributed by atoms with van der Waals surface area (Å²) in [5, 5.41) is 11.1. The lowest BCUT2D eigenvalue weighted by Gasteiger charge is -2.31. The van der Waals surface area contributed by atoms with Crippen LogP contribution in [0.15, 0.2) is 114 Å². The van der Waals surface area contributed by atoms with Gasteiger partial charge in [0.15, 0.2) is 0 Å². The maximum absolute atomic E-state index is 13.7. The summed E-state index contributed by atoms with van der Waals surface area (Å²) < 4.78 is 81.4. The number of nitrogens with zero attached hydrogens (tertiary/aromatic N) is 1. The van der Waals surface area contributed by atoms with Crippen molar-refractivity contribution in [2.75, 3.05) is 4.90 Å². The standard InChI is InChI=1S/C37H33F6NO2/c1-21-12-13-24(36(38,39)40)17-28(21)34(3,4)22(2)16-26-32(45)27(33(26)46)19-31-35(5,6)29-18-25(37(41,42)43)14-15-30(29)44(31)20-23-10-8-7-9-11-23/h7-19,45H,2,20H2,1,3-6H3/b26-16+,31-19-. The van der Waals surface area contributed by atoms with Crippen molar-refractivity contribution in [2.24, 2.45) is 0 Å². The molecule has 1 aliphatic carbocycles. The van der Waals surface area contributed by atoms with Gasteiger partial charge in [0.25, 0.3) is 0 Å². The number of ketones is 1. The van der Waals surface area contributed by atoms with E-state index in [2.05, 4.69) is 6.58 Å². The van der Waals surface area contributed by atoms with E-state index in [4.69, 9.17) is 0 Å². The molecule has 9 heteroatoms. The van der Waals surface area contributed by atoms with Crippen molar-refractivity contribution >= 4 is 11.5 Å². The van der Waals surface area contributed by atoms with Crippen molar-refractivity contribution in [3.05, 3.63) is 147 Å². The summed E-state index contributed by atoms with van der Waals surface area (Å²) in [6.45, 7) is 12.9. The maximum Gasteiger partial charge on any atom is 0.416 e. The molecule has 3 aromatic rings. The summed E-state index contributed by atoms with van der Waals surface area (Å²) in [6.07, 6.45) is -6.20. The average Bonchev–Trinajstić information content (AvgIpc) is 3.18. The number of anilines is 1. The Bertz CT molecular complexity index is 1840. The minimum absolute atomic E-state index is 0.0166. The second kappa shape index (κ2) is 11.1. The molecule has 3 nitrogen and oxygen atoms in total. The lowest BCUT2D eigenvalue weighted by atomic mass is 9.73. The molecule has 0 unspecified atom stereocenters. The summed E-state index contributed by atoms with van der Waals surface area (Å²) >= 11 is 0. The molecule has 0 fully saturated rings. The summed E-state index contributed by atoms with van der Waals surface area (Å²) in [5.41, 5.74) is 0.0587. The Hall–Kier alpha value is -4.53. The topological polar surface area (TPSA) is 40.5 Å². The highest BCUT2D eigenvalue weighted by atomic mass is 19.4. The van der Waals surface area contributed by atoms with Crippen molar-refractivity contribution in [1.29, 1.82) is 0 Å². The molecule has 1 aliphatic heterocycles. The van der Waals surface area contributed by atoms with Crippen LogP contribution in [0.25, 0.3) is 0 Å². The first kappa shape index (κ1) is 32.9. The Morgan fingerprint density at radius 1 is 0.913 bits per heavy atom. The Balaban J connectivity index is 1.54. The van der Waals surface area contributed by atoms with Gasteiger partial charge >= 0.3 is 12.4 Å². The van der Waals surface area contributed by atoms with Crippen LogP contribution in [0.4, 0.5) is 32.0 Å². The quantitative estimate of drug-likeness (QED) is 0.216. The zero-order valence-corrected chi connectivity index (χ0v) is 26.0. The number of hydrogen-bond acceptors (Lipinski definition) is 3. The Kier molecular flexibility index (Phi) is 7.91. The van der Waals surface area contributed by atoms with Crippen molar-refractivity contribution in [2.45, 2.75) is 64.3 Å². The van der Waals surface area contributed by atoms with Gasteiger partial charge < -0.3 is 10.0 Å². The van der Waals surface area contributed by atoms with Crippen LogP contribution in [0.3, 0.4) is 0 Å². The Morgan fingerprint density at radius 2 is 1.50 bits per heavy atom. The van der Waals surface area contributed by atoms with Crippen molar-refractivity contribution < 1.29 is 36.2 Å². The van der Waals surface area contributed by atoms with Crippen LogP contribution in [0.2, 0.25) is 0 Å². The number of aryl methyl sites for hydroxylation is 1. The van der Waals surface area contributed by atoms with Gasteiger partial charge in [0.05, 0.1) is 22.3 Å². The molecule has 3 aromatic carbocycles. The third-order valence-corrected chi connectivity index (χ3v) is 9.04. The smallest absolute Gasteiger partial charge is 0.416 e. The Labute approximate surface area is 263 Å². The summed E-state index contributed by atoms with van der Waals surface area (Å²) in [4.78, 5) is 15.3. The second-order valence-corrected chi connectivity index (χ2v) is 12.8. The molecule has 0 spiro atoms. The number of rotatable bonds is 6. The maximum atomic E-state index is 13.7. The highest BCUT2D eigenvalue weighted by Gasteiger charge is 2.44. The van der Waals surface area contributed by atoms with Crippen LogP contribution < -0.4 is 4.90 Å². The van der Waals surface area contributed by atoms with Gasteiger partial charge in [-0.1, -0.05) is 70.7 Å². The first-order chi connectivity index (χ1) is 21.2. The first-order valence-electron chi connectivity index (χ1n) is 14.6. The molecule has 0 bridgehead atoms. The molecule has 0 saturated heterocycles. The molecule has 1 N–H and O–H groups in total. The third kappa shape index (κ3) is 5.67. The fraction of sp³-hybridized carbons (Fsp3) is 0.270. The lowest BCUT2D eigenvalue weighted by molar-refractivity contribution is -0.138. The van der Waals surface area contributed by atoms with Crippen LogP contribution in [0.1, 0.15) is 61.1 Å². The minimum Gasteiger partial charge on any atom is -0.506 e. The van der Waals surface area contributed by atoms with E-state index in [-0.39, 0.29) is 16.9 Å². The Morgan fingerprint density at radius 3 is 2.09 bits per heavy atom. The molecule has 0 atom stereocenters.